The van der Waals surface area contributed by atoms with Crippen molar-refractivity contribution < 1.29 is 0 Å². The van der Waals surface area contributed by atoms with Crippen molar-refractivity contribution in [2.45, 2.75) is 25.4 Å². The molecule has 0 saturated heterocycles. The summed E-state index contributed by atoms with van der Waals surface area (Å²) in [6.07, 6.45) is 9.52. The number of allylic oxidation sites excluding steroid dienone is 1. The molecule has 40 heavy (non-hydrogen) atoms. The molecule has 0 fully saturated rings. The van der Waals surface area contributed by atoms with E-state index in [2.05, 4.69) is 164 Å². The first-order valence-corrected chi connectivity index (χ1v) is 15.7. The Labute approximate surface area is 243 Å². The lowest BCUT2D eigenvalue weighted by Gasteiger charge is -2.36. The van der Waals surface area contributed by atoms with E-state index >= 15 is 0 Å². The van der Waals surface area contributed by atoms with Gasteiger partial charge in [-0.3, -0.25) is 0 Å². The zero-order valence-corrected chi connectivity index (χ0v) is 25.3. The van der Waals surface area contributed by atoms with Gasteiger partial charge in [0.15, 0.2) is 0 Å². The van der Waals surface area contributed by atoms with E-state index < -0.39 is 9.52 Å². The SMILES string of the molecule is BC=C(c1ccccc1)c1ccccc1.CCC(C)C=C[SiH2]C(c1ccccc1)(c1ccccc1)n1ccnc1. The predicted octanol–water partition coefficient (Wildman–Crippen LogP) is 7.07. The maximum atomic E-state index is 4.36. The molecule has 5 rings (SSSR count). The van der Waals surface area contributed by atoms with Crippen molar-refractivity contribution in [3.8, 4) is 0 Å². The third kappa shape index (κ3) is 7.08. The van der Waals surface area contributed by atoms with Crippen molar-refractivity contribution in [3.63, 3.8) is 0 Å². The smallest absolute Gasteiger partial charge is 0.130 e. The molecular weight excluding hydrogens is 499 g/mol. The van der Waals surface area contributed by atoms with E-state index in [-0.39, 0.29) is 5.16 Å². The molecule has 5 aromatic rings. The van der Waals surface area contributed by atoms with Gasteiger partial charge in [0.1, 0.15) is 7.85 Å². The normalized spacial score (nSPS) is 12.2. The average Bonchev–Trinajstić information content (AvgIpc) is 3.58. The van der Waals surface area contributed by atoms with Crippen LogP contribution in [0.2, 0.25) is 0 Å². The molecule has 1 aromatic heterocycles. The Morgan fingerprint density at radius 1 is 0.800 bits per heavy atom. The molecule has 2 nitrogen and oxygen atoms in total. The van der Waals surface area contributed by atoms with Crippen molar-refractivity contribution in [2.75, 3.05) is 0 Å². The monoisotopic (exact) mass is 538 g/mol. The molecule has 0 aliphatic carbocycles. The lowest BCUT2D eigenvalue weighted by atomic mass is 9.92. The zero-order valence-electron chi connectivity index (χ0n) is 23.9. The summed E-state index contributed by atoms with van der Waals surface area (Å²) in [5.41, 5.74) is 8.96. The zero-order chi connectivity index (χ0) is 28.0. The van der Waals surface area contributed by atoms with Crippen molar-refractivity contribution >= 4 is 22.9 Å². The molecule has 0 aliphatic heterocycles. The van der Waals surface area contributed by atoms with Gasteiger partial charge in [0.25, 0.3) is 0 Å². The molecule has 0 amide bonds. The minimum absolute atomic E-state index is 0.150. The molecule has 1 unspecified atom stereocenters. The van der Waals surface area contributed by atoms with Gasteiger partial charge in [-0.25, -0.2) is 4.98 Å². The van der Waals surface area contributed by atoms with E-state index in [9.17, 15) is 0 Å². The van der Waals surface area contributed by atoms with Crippen molar-refractivity contribution in [2.24, 2.45) is 5.92 Å². The van der Waals surface area contributed by atoms with E-state index in [1.807, 2.05) is 24.7 Å². The lowest BCUT2D eigenvalue weighted by molar-refractivity contribution is 0.595. The van der Waals surface area contributed by atoms with Crippen LogP contribution >= 0.6 is 0 Å². The summed E-state index contributed by atoms with van der Waals surface area (Å²) >= 11 is 0. The van der Waals surface area contributed by atoms with Crippen LogP contribution in [0.4, 0.5) is 0 Å². The van der Waals surface area contributed by atoms with E-state index in [0.29, 0.717) is 5.92 Å². The molecule has 0 aliphatic rings. The number of rotatable bonds is 9. The number of nitrogens with zero attached hydrogens (tertiary/aromatic N) is 2. The molecule has 4 heteroatoms. The van der Waals surface area contributed by atoms with Gasteiger partial charge in [-0.15, -0.1) is 11.7 Å². The first-order chi connectivity index (χ1) is 19.7. The number of hydrogen-bond donors (Lipinski definition) is 0. The highest BCUT2D eigenvalue weighted by Crippen LogP contribution is 2.33. The van der Waals surface area contributed by atoms with Crippen LogP contribution in [0, 0.1) is 5.92 Å². The van der Waals surface area contributed by atoms with Gasteiger partial charge in [-0.1, -0.05) is 148 Å². The second-order valence-electron chi connectivity index (χ2n) is 10.0. The second-order valence-corrected chi connectivity index (χ2v) is 11.9. The van der Waals surface area contributed by atoms with Gasteiger partial charge in [0, 0.05) is 12.4 Å². The van der Waals surface area contributed by atoms with Crippen LogP contribution in [0.1, 0.15) is 42.5 Å². The van der Waals surface area contributed by atoms with Crippen LogP contribution in [0.3, 0.4) is 0 Å². The minimum Gasteiger partial charge on any atom is -0.326 e. The summed E-state index contributed by atoms with van der Waals surface area (Å²) in [7, 11) is 1.42. The van der Waals surface area contributed by atoms with Gasteiger partial charge in [-0.05, 0) is 33.7 Å². The van der Waals surface area contributed by atoms with E-state index in [0.717, 1.165) is 0 Å². The third-order valence-corrected chi connectivity index (χ3v) is 9.71. The van der Waals surface area contributed by atoms with Crippen molar-refractivity contribution in [1.82, 2.24) is 9.55 Å². The first-order valence-electron chi connectivity index (χ1n) is 14.2. The summed E-state index contributed by atoms with van der Waals surface area (Å²) < 4.78 is 2.30. The highest BCUT2D eigenvalue weighted by Gasteiger charge is 2.34. The quantitative estimate of drug-likeness (QED) is 0.184. The van der Waals surface area contributed by atoms with Crippen LogP contribution in [0.5, 0.6) is 0 Å². The van der Waals surface area contributed by atoms with E-state index in [1.165, 1.54) is 34.2 Å². The number of imidazole rings is 1. The Hall–Kier alpha value is -4.15. The number of aromatic nitrogens is 2. The Morgan fingerprint density at radius 3 is 1.68 bits per heavy atom. The van der Waals surface area contributed by atoms with Crippen molar-refractivity contribution in [1.29, 1.82) is 0 Å². The fourth-order valence-corrected chi connectivity index (χ4v) is 7.34. The van der Waals surface area contributed by atoms with Gasteiger partial charge in [0.05, 0.1) is 21.0 Å². The van der Waals surface area contributed by atoms with Crippen LogP contribution in [0.15, 0.2) is 158 Å². The number of benzene rings is 4. The molecule has 0 N–H and O–H groups in total. The van der Waals surface area contributed by atoms with Gasteiger partial charge >= 0.3 is 0 Å². The van der Waals surface area contributed by atoms with Crippen LogP contribution in [0.25, 0.3) is 5.57 Å². The molecule has 200 valence electrons. The van der Waals surface area contributed by atoms with Crippen molar-refractivity contribution in [3.05, 3.63) is 180 Å². The summed E-state index contributed by atoms with van der Waals surface area (Å²) in [5, 5.41) is -0.150. The summed E-state index contributed by atoms with van der Waals surface area (Å²) in [6.45, 7) is 4.53. The highest BCUT2D eigenvalue weighted by atomic mass is 28.2. The third-order valence-electron chi connectivity index (χ3n) is 7.43. The van der Waals surface area contributed by atoms with Crippen LogP contribution in [-0.4, -0.2) is 26.9 Å². The lowest BCUT2D eigenvalue weighted by Crippen LogP contribution is -2.41. The molecule has 1 atom stereocenters. The predicted molar refractivity (Wildman–Crippen MR) is 177 cm³/mol. The molecular formula is C36H39BN2Si. The fraction of sp³-hybridized carbons (Fsp3) is 0.139. The molecule has 4 aromatic carbocycles. The highest BCUT2D eigenvalue weighted by molar-refractivity contribution is 6.47. The maximum Gasteiger partial charge on any atom is 0.130 e. The largest absolute Gasteiger partial charge is 0.326 e. The fourth-order valence-electron chi connectivity index (χ4n) is 5.06. The average molecular weight is 539 g/mol. The summed E-state index contributed by atoms with van der Waals surface area (Å²) in [4.78, 5) is 4.36. The summed E-state index contributed by atoms with van der Waals surface area (Å²) in [5.74, 6) is 2.78. The van der Waals surface area contributed by atoms with E-state index in [4.69, 9.17) is 0 Å². The Morgan fingerprint density at radius 2 is 1.27 bits per heavy atom. The molecule has 1 heterocycles. The topological polar surface area (TPSA) is 17.8 Å². The Balaban J connectivity index is 0.000000210. The van der Waals surface area contributed by atoms with Crippen LogP contribution in [-0.2, 0) is 5.16 Å². The minimum atomic E-state index is -0.657. The molecule has 0 saturated carbocycles. The molecule has 0 bridgehead atoms. The standard InChI is InChI=1S/C22H26N2Si.C14H13B/c1-3-19(2)14-17-25-22(24-16-15-23-18-24,20-10-6-4-7-11-20)21-12-8-5-9-13-21;15-11-14(12-7-3-1-4-8-12)13-9-5-2-6-10-13/h4-19H,3,25H2,1-2H3;1-11H,15H2. The molecule has 0 radical (unpaired) electrons. The van der Waals surface area contributed by atoms with Crippen LogP contribution < -0.4 is 0 Å². The van der Waals surface area contributed by atoms with Gasteiger partial charge < -0.3 is 4.57 Å². The number of hydrogen-bond acceptors (Lipinski definition) is 1. The second kappa shape index (κ2) is 14.9. The van der Waals surface area contributed by atoms with Gasteiger partial charge in [-0.2, -0.15) is 0 Å². The maximum absolute atomic E-state index is 4.36. The van der Waals surface area contributed by atoms with Gasteiger partial charge in [0.2, 0.25) is 0 Å². The summed E-state index contributed by atoms with van der Waals surface area (Å²) in [6, 6.07) is 42.6. The Kier molecular flexibility index (Phi) is 10.7. The Bertz CT molecular complexity index is 1370. The first kappa shape index (κ1) is 28.8. The molecule has 0 spiro atoms. The van der Waals surface area contributed by atoms with E-state index in [1.54, 1.807) is 0 Å².